The second-order valence-corrected chi connectivity index (χ2v) is 6.24. The van der Waals surface area contributed by atoms with E-state index in [9.17, 15) is 4.79 Å². The number of rotatable bonds is 8. The smallest absolute Gasteiger partial charge is 0.221 e. The molecule has 4 nitrogen and oxygen atoms in total. The zero-order valence-corrected chi connectivity index (χ0v) is 12.6. The maximum Gasteiger partial charge on any atom is 0.221 e. The van der Waals surface area contributed by atoms with Gasteiger partial charge in [0.2, 0.25) is 5.91 Å². The van der Waals surface area contributed by atoms with Gasteiger partial charge in [-0.05, 0) is 18.3 Å². The summed E-state index contributed by atoms with van der Waals surface area (Å²) in [6, 6.07) is 0.0316. The fourth-order valence-corrected chi connectivity index (χ4v) is 2.13. The van der Waals surface area contributed by atoms with E-state index in [1.807, 2.05) is 0 Å². The van der Waals surface area contributed by atoms with Crippen molar-refractivity contribution < 1.29 is 9.53 Å². The summed E-state index contributed by atoms with van der Waals surface area (Å²) in [5.41, 5.74) is 6.15. The normalized spacial score (nSPS) is 15.2. The molecule has 2 unspecified atom stereocenters. The monoisotopic (exact) mass is 258 g/mol. The Morgan fingerprint density at radius 1 is 1.39 bits per heavy atom. The number of carbonyl (C=O) groups excluding carboxylic acids is 1. The van der Waals surface area contributed by atoms with Gasteiger partial charge in [-0.2, -0.15) is 0 Å². The van der Waals surface area contributed by atoms with Gasteiger partial charge in [-0.25, -0.2) is 0 Å². The second kappa shape index (κ2) is 8.48. The second-order valence-electron chi connectivity index (χ2n) is 6.24. The molecule has 18 heavy (non-hydrogen) atoms. The highest BCUT2D eigenvalue weighted by molar-refractivity contribution is 5.76. The molecular weight excluding hydrogens is 228 g/mol. The zero-order valence-electron chi connectivity index (χ0n) is 12.6. The highest BCUT2D eigenvalue weighted by Gasteiger charge is 2.19. The van der Waals surface area contributed by atoms with Crippen molar-refractivity contribution in [3.63, 3.8) is 0 Å². The van der Waals surface area contributed by atoms with Gasteiger partial charge in [0.25, 0.3) is 0 Å². The van der Waals surface area contributed by atoms with Crippen LogP contribution in [0.4, 0.5) is 0 Å². The fraction of sp³-hybridized carbons (Fsp3) is 0.929. The molecular formula is C14H30N2O2. The molecule has 0 aliphatic carbocycles. The Kier molecular flexibility index (Phi) is 8.20. The summed E-state index contributed by atoms with van der Waals surface area (Å²) < 4.78 is 5.10. The molecule has 108 valence electrons. The van der Waals surface area contributed by atoms with E-state index in [0.717, 1.165) is 19.3 Å². The van der Waals surface area contributed by atoms with Crippen molar-refractivity contribution in [1.29, 1.82) is 0 Å². The molecule has 3 N–H and O–H groups in total. The molecule has 0 fully saturated rings. The summed E-state index contributed by atoms with van der Waals surface area (Å²) in [5, 5.41) is 2.99. The van der Waals surface area contributed by atoms with Gasteiger partial charge >= 0.3 is 0 Å². The fourth-order valence-electron chi connectivity index (χ4n) is 2.13. The number of nitrogens with one attached hydrogen (secondary N) is 1. The van der Waals surface area contributed by atoms with Crippen molar-refractivity contribution in [2.75, 3.05) is 13.7 Å². The van der Waals surface area contributed by atoms with Crippen LogP contribution in [0.2, 0.25) is 0 Å². The summed E-state index contributed by atoms with van der Waals surface area (Å²) in [5.74, 6) is 0.0299. The maximum absolute atomic E-state index is 11.9. The van der Waals surface area contributed by atoms with E-state index in [0.29, 0.717) is 13.0 Å². The number of carbonyl (C=O) groups is 1. The Morgan fingerprint density at radius 3 is 2.44 bits per heavy atom. The maximum atomic E-state index is 11.9. The lowest BCUT2D eigenvalue weighted by Crippen LogP contribution is -2.41. The highest BCUT2D eigenvalue weighted by Crippen LogP contribution is 2.20. The lowest BCUT2D eigenvalue weighted by Gasteiger charge is -2.24. The summed E-state index contributed by atoms with van der Waals surface area (Å²) in [6.07, 6.45) is 3.21. The van der Waals surface area contributed by atoms with Crippen LogP contribution in [0.1, 0.15) is 53.4 Å². The van der Waals surface area contributed by atoms with E-state index >= 15 is 0 Å². The largest absolute Gasteiger partial charge is 0.383 e. The highest BCUT2D eigenvalue weighted by atomic mass is 16.5. The molecule has 0 heterocycles. The van der Waals surface area contributed by atoms with Gasteiger partial charge in [-0.1, -0.05) is 34.1 Å². The van der Waals surface area contributed by atoms with Crippen molar-refractivity contribution in [2.45, 2.75) is 65.5 Å². The molecule has 0 aromatic heterocycles. The van der Waals surface area contributed by atoms with Crippen LogP contribution < -0.4 is 11.1 Å². The quantitative estimate of drug-likeness (QED) is 0.700. The molecule has 0 aromatic carbocycles. The van der Waals surface area contributed by atoms with E-state index in [-0.39, 0.29) is 23.4 Å². The van der Waals surface area contributed by atoms with Crippen LogP contribution in [0.15, 0.2) is 0 Å². The van der Waals surface area contributed by atoms with E-state index in [2.05, 4.69) is 33.0 Å². The van der Waals surface area contributed by atoms with Crippen LogP contribution in [0.25, 0.3) is 0 Å². The summed E-state index contributed by atoms with van der Waals surface area (Å²) in [6.45, 7) is 9.06. The Balaban J connectivity index is 4.07. The summed E-state index contributed by atoms with van der Waals surface area (Å²) >= 11 is 0. The van der Waals surface area contributed by atoms with Gasteiger partial charge in [-0.3, -0.25) is 4.79 Å². The third kappa shape index (κ3) is 9.42. The summed E-state index contributed by atoms with van der Waals surface area (Å²) in [4.78, 5) is 11.9. The number of methoxy groups -OCH3 is 1. The third-order valence-electron chi connectivity index (χ3n) is 2.69. The summed E-state index contributed by atoms with van der Waals surface area (Å²) in [7, 11) is 1.65. The number of ether oxygens (including phenoxy) is 1. The van der Waals surface area contributed by atoms with Crippen LogP contribution in [0.3, 0.4) is 0 Å². The first-order valence-electron chi connectivity index (χ1n) is 6.82. The topological polar surface area (TPSA) is 64.3 Å². The molecule has 0 aromatic rings. The Morgan fingerprint density at radius 2 is 2.00 bits per heavy atom. The molecule has 0 bridgehead atoms. The Labute approximate surface area is 112 Å². The van der Waals surface area contributed by atoms with E-state index in [1.54, 1.807) is 7.11 Å². The SMILES string of the molecule is CCCC(COC)NC(=O)CC(N)CC(C)(C)C. The predicted molar refractivity (Wildman–Crippen MR) is 75.4 cm³/mol. The van der Waals surface area contributed by atoms with Crippen LogP contribution in [-0.4, -0.2) is 31.7 Å². The van der Waals surface area contributed by atoms with Gasteiger partial charge < -0.3 is 15.8 Å². The first kappa shape index (κ1) is 17.4. The predicted octanol–water partition coefficient (Wildman–Crippen LogP) is 2.07. The van der Waals surface area contributed by atoms with Gasteiger partial charge in [0.1, 0.15) is 0 Å². The van der Waals surface area contributed by atoms with Crippen molar-refractivity contribution in [3.8, 4) is 0 Å². The van der Waals surface area contributed by atoms with Gasteiger partial charge in [-0.15, -0.1) is 0 Å². The van der Waals surface area contributed by atoms with Crippen molar-refractivity contribution in [2.24, 2.45) is 11.1 Å². The lowest BCUT2D eigenvalue weighted by molar-refractivity contribution is -0.122. The van der Waals surface area contributed by atoms with Crippen LogP contribution in [0, 0.1) is 5.41 Å². The van der Waals surface area contributed by atoms with Gasteiger partial charge in [0.15, 0.2) is 0 Å². The van der Waals surface area contributed by atoms with E-state index in [1.165, 1.54) is 0 Å². The Bertz CT molecular complexity index is 230. The number of nitrogens with two attached hydrogens (primary N) is 1. The molecule has 1 amide bonds. The first-order chi connectivity index (χ1) is 8.28. The Hall–Kier alpha value is -0.610. The molecule has 0 radical (unpaired) electrons. The molecule has 0 saturated heterocycles. The van der Waals surface area contributed by atoms with Crippen LogP contribution in [0.5, 0.6) is 0 Å². The molecule has 0 aliphatic heterocycles. The minimum atomic E-state index is -0.0742. The van der Waals surface area contributed by atoms with Crippen molar-refractivity contribution in [1.82, 2.24) is 5.32 Å². The molecule has 2 atom stereocenters. The average Bonchev–Trinajstić information content (AvgIpc) is 2.14. The minimum Gasteiger partial charge on any atom is -0.383 e. The molecule has 0 saturated carbocycles. The molecule has 4 heteroatoms. The number of hydrogen-bond acceptors (Lipinski definition) is 3. The first-order valence-corrected chi connectivity index (χ1v) is 6.82. The lowest BCUT2D eigenvalue weighted by atomic mass is 9.87. The third-order valence-corrected chi connectivity index (χ3v) is 2.69. The molecule has 0 aliphatic rings. The molecule has 0 rings (SSSR count). The van der Waals surface area contributed by atoms with E-state index in [4.69, 9.17) is 10.5 Å². The van der Waals surface area contributed by atoms with E-state index < -0.39 is 0 Å². The van der Waals surface area contributed by atoms with Crippen molar-refractivity contribution >= 4 is 5.91 Å². The number of hydrogen-bond donors (Lipinski definition) is 2. The average molecular weight is 258 g/mol. The van der Waals surface area contributed by atoms with Crippen LogP contribution in [-0.2, 0) is 9.53 Å². The zero-order chi connectivity index (χ0) is 14.2. The van der Waals surface area contributed by atoms with Crippen molar-refractivity contribution in [3.05, 3.63) is 0 Å². The number of amides is 1. The van der Waals surface area contributed by atoms with Gasteiger partial charge in [0, 0.05) is 19.6 Å². The standard InChI is InChI=1S/C14H30N2O2/c1-6-7-12(10-18-5)16-13(17)8-11(15)9-14(2,3)4/h11-12H,6-10,15H2,1-5H3,(H,16,17). The minimum absolute atomic E-state index is 0.0299. The van der Waals surface area contributed by atoms with Gasteiger partial charge in [0.05, 0.1) is 12.6 Å². The van der Waals surface area contributed by atoms with Crippen LogP contribution >= 0.6 is 0 Å². The molecule has 0 spiro atoms.